The average molecular weight is 266 g/mol. The summed E-state index contributed by atoms with van der Waals surface area (Å²) in [5.41, 5.74) is 3.27. The lowest BCUT2D eigenvalue weighted by molar-refractivity contribution is 0.163. The van der Waals surface area contributed by atoms with Crippen LogP contribution in [0.5, 0.6) is 0 Å². The van der Waals surface area contributed by atoms with E-state index in [2.05, 4.69) is 16.9 Å². The SMILES string of the molecule is Cc1nc(SC2CCCCCC2O)nc(C)c1C. The highest BCUT2D eigenvalue weighted by Crippen LogP contribution is 2.31. The molecule has 0 spiro atoms. The molecule has 0 radical (unpaired) electrons. The average Bonchev–Trinajstić information content (AvgIpc) is 2.52. The molecule has 4 heteroatoms. The number of hydrogen-bond donors (Lipinski definition) is 1. The minimum absolute atomic E-state index is 0.206. The Bertz CT molecular complexity index is 399. The number of aliphatic hydroxyl groups is 1. The molecule has 1 N–H and O–H groups in total. The highest BCUT2D eigenvalue weighted by molar-refractivity contribution is 7.99. The van der Waals surface area contributed by atoms with Crippen LogP contribution in [0.2, 0.25) is 0 Å². The lowest BCUT2D eigenvalue weighted by atomic mass is 10.1. The van der Waals surface area contributed by atoms with E-state index in [1.54, 1.807) is 11.8 Å². The van der Waals surface area contributed by atoms with Gasteiger partial charge in [-0.15, -0.1) is 0 Å². The monoisotopic (exact) mass is 266 g/mol. The fourth-order valence-electron chi connectivity index (χ4n) is 2.32. The maximum atomic E-state index is 10.1. The molecule has 1 aromatic rings. The van der Waals surface area contributed by atoms with E-state index in [1.165, 1.54) is 18.4 Å². The first-order valence-corrected chi connectivity index (χ1v) is 7.62. The summed E-state index contributed by atoms with van der Waals surface area (Å²) in [6, 6.07) is 0. The van der Waals surface area contributed by atoms with E-state index in [9.17, 15) is 5.11 Å². The zero-order valence-electron chi connectivity index (χ0n) is 11.4. The Labute approximate surface area is 113 Å². The lowest BCUT2D eigenvalue weighted by Gasteiger charge is -2.19. The summed E-state index contributed by atoms with van der Waals surface area (Å²) in [6.07, 6.45) is 5.37. The third-order valence-electron chi connectivity index (χ3n) is 3.79. The second kappa shape index (κ2) is 6.02. The Balaban J connectivity index is 2.12. The molecule has 0 saturated heterocycles. The zero-order chi connectivity index (χ0) is 13.1. The molecule has 1 saturated carbocycles. The van der Waals surface area contributed by atoms with E-state index >= 15 is 0 Å². The molecule has 0 aliphatic heterocycles. The van der Waals surface area contributed by atoms with E-state index in [4.69, 9.17) is 0 Å². The summed E-state index contributed by atoms with van der Waals surface area (Å²) in [5.74, 6) is 0. The molecule has 0 bridgehead atoms. The van der Waals surface area contributed by atoms with Crippen LogP contribution in [-0.4, -0.2) is 26.4 Å². The second-order valence-electron chi connectivity index (χ2n) is 5.16. The third-order valence-corrected chi connectivity index (χ3v) is 5.03. The van der Waals surface area contributed by atoms with Crippen molar-refractivity contribution in [1.29, 1.82) is 0 Å². The van der Waals surface area contributed by atoms with E-state index in [1.807, 2.05) is 13.8 Å². The molecule has 1 aromatic heterocycles. The minimum atomic E-state index is -0.206. The Morgan fingerprint density at radius 3 is 2.28 bits per heavy atom. The largest absolute Gasteiger partial charge is 0.392 e. The Kier molecular flexibility index (Phi) is 4.62. The summed E-state index contributed by atoms with van der Waals surface area (Å²) in [5, 5.41) is 11.2. The molecule has 1 heterocycles. The summed E-state index contributed by atoms with van der Waals surface area (Å²) in [6.45, 7) is 6.11. The third kappa shape index (κ3) is 3.23. The van der Waals surface area contributed by atoms with Gasteiger partial charge in [0.1, 0.15) is 0 Å². The number of nitrogens with zero attached hydrogens (tertiary/aromatic N) is 2. The van der Waals surface area contributed by atoms with E-state index in [-0.39, 0.29) is 11.4 Å². The van der Waals surface area contributed by atoms with Gasteiger partial charge in [0, 0.05) is 16.6 Å². The first-order chi connectivity index (χ1) is 8.58. The predicted molar refractivity (Wildman–Crippen MR) is 75.0 cm³/mol. The van der Waals surface area contributed by atoms with Crippen LogP contribution < -0.4 is 0 Å². The van der Waals surface area contributed by atoms with Crippen LogP contribution in [0.1, 0.15) is 49.1 Å². The Hall–Kier alpha value is -0.610. The van der Waals surface area contributed by atoms with Crippen molar-refractivity contribution in [2.45, 2.75) is 69.4 Å². The number of aryl methyl sites for hydroxylation is 2. The van der Waals surface area contributed by atoms with Crippen LogP contribution in [0.25, 0.3) is 0 Å². The molecule has 2 unspecified atom stereocenters. The number of aromatic nitrogens is 2. The van der Waals surface area contributed by atoms with Gasteiger partial charge in [0.2, 0.25) is 0 Å². The predicted octanol–water partition coefficient (Wildman–Crippen LogP) is 3.19. The van der Waals surface area contributed by atoms with E-state index in [0.717, 1.165) is 35.8 Å². The van der Waals surface area contributed by atoms with Crippen LogP contribution in [-0.2, 0) is 0 Å². The Morgan fingerprint density at radius 2 is 1.61 bits per heavy atom. The van der Waals surface area contributed by atoms with Crippen LogP contribution >= 0.6 is 11.8 Å². The molecule has 0 aromatic carbocycles. The molecule has 2 atom stereocenters. The Morgan fingerprint density at radius 1 is 1.00 bits per heavy atom. The highest BCUT2D eigenvalue weighted by atomic mass is 32.2. The quantitative estimate of drug-likeness (QED) is 0.659. The van der Waals surface area contributed by atoms with Gasteiger partial charge >= 0.3 is 0 Å². The van der Waals surface area contributed by atoms with E-state index < -0.39 is 0 Å². The van der Waals surface area contributed by atoms with Crippen molar-refractivity contribution in [3.05, 3.63) is 17.0 Å². The van der Waals surface area contributed by atoms with Crippen molar-refractivity contribution in [1.82, 2.24) is 9.97 Å². The van der Waals surface area contributed by atoms with Crippen LogP contribution in [0.3, 0.4) is 0 Å². The van der Waals surface area contributed by atoms with Gasteiger partial charge in [0.25, 0.3) is 0 Å². The highest BCUT2D eigenvalue weighted by Gasteiger charge is 2.23. The fourth-order valence-corrected chi connectivity index (χ4v) is 3.55. The van der Waals surface area contributed by atoms with Crippen molar-refractivity contribution in [2.75, 3.05) is 0 Å². The summed E-state index contributed by atoms with van der Waals surface area (Å²) in [4.78, 5) is 9.07. The number of thioether (sulfide) groups is 1. The van der Waals surface area contributed by atoms with Crippen LogP contribution in [0.4, 0.5) is 0 Å². The minimum Gasteiger partial charge on any atom is -0.392 e. The topological polar surface area (TPSA) is 46.0 Å². The number of hydrogen-bond acceptors (Lipinski definition) is 4. The fraction of sp³-hybridized carbons (Fsp3) is 0.714. The normalized spacial score (nSPS) is 24.9. The van der Waals surface area contributed by atoms with Crippen molar-refractivity contribution in [3.63, 3.8) is 0 Å². The van der Waals surface area contributed by atoms with Gasteiger partial charge < -0.3 is 5.11 Å². The number of rotatable bonds is 2. The molecule has 2 rings (SSSR count). The number of aliphatic hydroxyl groups excluding tert-OH is 1. The maximum absolute atomic E-state index is 10.1. The summed E-state index contributed by atoms with van der Waals surface area (Å²) in [7, 11) is 0. The first kappa shape index (κ1) is 13.8. The molecule has 1 fully saturated rings. The zero-order valence-corrected chi connectivity index (χ0v) is 12.3. The van der Waals surface area contributed by atoms with Gasteiger partial charge in [-0.05, 0) is 39.2 Å². The van der Waals surface area contributed by atoms with Gasteiger partial charge in [-0.1, -0.05) is 31.0 Å². The van der Waals surface area contributed by atoms with Crippen molar-refractivity contribution < 1.29 is 5.11 Å². The smallest absolute Gasteiger partial charge is 0.188 e. The van der Waals surface area contributed by atoms with Gasteiger partial charge in [0.05, 0.1) is 6.10 Å². The molecule has 3 nitrogen and oxygen atoms in total. The van der Waals surface area contributed by atoms with Gasteiger partial charge in [0.15, 0.2) is 5.16 Å². The van der Waals surface area contributed by atoms with Crippen molar-refractivity contribution in [2.24, 2.45) is 0 Å². The maximum Gasteiger partial charge on any atom is 0.188 e. The molecule has 100 valence electrons. The molecule has 18 heavy (non-hydrogen) atoms. The van der Waals surface area contributed by atoms with Crippen LogP contribution in [0.15, 0.2) is 5.16 Å². The molecule has 0 amide bonds. The molecule has 1 aliphatic carbocycles. The molecular formula is C14H22N2OS. The van der Waals surface area contributed by atoms with Crippen molar-refractivity contribution in [3.8, 4) is 0 Å². The van der Waals surface area contributed by atoms with E-state index in [0.29, 0.717) is 0 Å². The molecular weight excluding hydrogens is 244 g/mol. The summed E-state index contributed by atoms with van der Waals surface area (Å²) < 4.78 is 0. The van der Waals surface area contributed by atoms with Crippen LogP contribution in [0, 0.1) is 20.8 Å². The molecule has 1 aliphatic rings. The van der Waals surface area contributed by atoms with Crippen molar-refractivity contribution >= 4 is 11.8 Å². The standard InChI is InChI=1S/C14H22N2OS/c1-9-10(2)15-14(16-11(9)3)18-13-8-6-4-5-7-12(13)17/h12-13,17H,4-8H2,1-3H3. The van der Waals surface area contributed by atoms with Gasteiger partial charge in [-0.25, -0.2) is 9.97 Å². The first-order valence-electron chi connectivity index (χ1n) is 6.74. The second-order valence-corrected chi connectivity index (χ2v) is 6.37. The van der Waals surface area contributed by atoms with Gasteiger partial charge in [-0.3, -0.25) is 0 Å². The van der Waals surface area contributed by atoms with Gasteiger partial charge in [-0.2, -0.15) is 0 Å². The summed E-state index contributed by atoms with van der Waals surface area (Å²) >= 11 is 1.65. The lowest BCUT2D eigenvalue weighted by Crippen LogP contribution is -2.21.